The Bertz CT molecular complexity index is 473. The van der Waals surface area contributed by atoms with E-state index in [4.69, 9.17) is 4.74 Å². The van der Waals surface area contributed by atoms with E-state index in [0.717, 1.165) is 25.9 Å². The van der Waals surface area contributed by atoms with Crippen LogP contribution in [-0.4, -0.2) is 39.3 Å². The molecule has 1 amide bonds. The van der Waals surface area contributed by atoms with E-state index in [0.29, 0.717) is 18.7 Å². The zero-order valence-corrected chi connectivity index (χ0v) is 13.7. The highest BCUT2D eigenvalue weighted by molar-refractivity contribution is 5.85. The fourth-order valence-corrected chi connectivity index (χ4v) is 2.80. The van der Waals surface area contributed by atoms with Gasteiger partial charge in [0.15, 0.2) is 0 Å². The molecule has 124 valence electrons. The van der Waals surface area contributed by atoms with Crippen LogP contribution in [0.15, 0.2) is 24.3 Å². The van der Waals surface area contributed by atoms with Crippen LogP contribution in [0.4, 0.5) is 4.39 Å². The minimum atomic E-state index is -0.332. The molecule has 0 unspecified atom stereocenters. The molecule has 2 N–H and O–H groups in total. The Morgan fingerprint density at radius 1 is 1.36 bits per heavy atom. The van der Waals surface area contributed by atoms with E-state index in [1.54, 1.807) is 25.3 Å². The summed E-state index contributed by atoms with van der Waals surface area (Å²) >= 11 is 0. The molecular weight excluding hydrogens is 307 g/mol. The molecule has 1 fully saturated rings. The van der Waals surface area contributed by atoms with Gasteiger partial charge >= 0.3 is 0 Å². The smallest absolute Gasteiger partial charge is 0.224 e. The van der Waals surface area contributed by atoms with Crippen LogP contribution in [0.5, 0.6) is 0 Å². The lowest BCUT2D eigenvalue weighted by Gasteiger charge is -2.37. The molecule has 22 heavy (non-hydrogen) atoms. The van der Waals surface area contributed by atoms with E-state index in [1.165, 1.54) is 6.07 Å². The summed E-state index contributed by atoms with van der Waals surface area (Å²) in [6, 6.07) is 6.39. The summed E-state index contributed by atoms with van der Waals surface area (Å²) in [7, 11) is 1.69. The molecule has 1 saturated heterocycles. The number of methoxy groups -OCH3 is 1. The van der Waals surface area contributed by atoms with Crippen LogP contribution in [0, 0.1) is 11.2 Å². The maximum Gasteiger partial charge on any atom is 0.224 e. The number of nitrogens with one attached hydrogen (secondary N) is 2. The van der Waals surface area contributed by atoms with Crippen molar-refractivity contribution in [1.82, 2.24) is 10.6 Å². The molecule has 0 spiro atoms. The minimum Gasteiger partial charge on any atom is -0.384 e. The third-order valence-electron chi connectivity index (χ3n) is 4.08. The van der Waals surface area contributed by atoms with Crippen LogP contribution in [-0.2, 0) is 16.0 Å². The first-order chi connectivity index (χ1) is 10.2. The summed E-state index contributed by atoms with van der Waals surface area (Å²) in [6.45, 7) is 3.09. The van der Waals surface area contributed by atoms with Gasteiger partial charge < -0.3 is 15.4 Å². The van der Waals surface area contributed by atoms with Gasteiger partial charge in [-0.05, 0) is 37.6 Å². The first-order valence-corrected chi connectivity index (χ1v) is 7.35. The van der Waals surface area contributed by atoms with Crippen molar-refractivity contribution in [1.29, 1.82) is 0 Å². The number of amides is 1. The van der Waals surface area contributed by atoms with Crippen molar-refractivity contribution in [2.24, 2.45) is 5.41 Å². The molecule has 1 heterocycles. The number of carbonyl (C=O) groups is 1. The van der Waals surface area contributed by atoms with Crippen molar-refractivity contribution in [3.8, 4) is 0 Å². The Hall–Kier alpha value is -1.17. The van der Waals surface area contributed by atoms with Gasteiger partial charge in [0, 0.05) is 19.1 Å². The van der Waals surface area contributed by atoms with E-state index < -0.39 is 0 Å². The highest BCUT2D eigenvalue weighted by Crippen LogP contribution is 2.28. The summed E-state index contributed by atoms with van der Waals surface area (Å²) in [4.78, 5) is 12.0. The molecule has 0 bridgehead atoms. The Balaban J connectivity index is 0.00000242. The normalized spacial score (nSPS) is 16.6. The lowest BCUT2D eigenvalue weighted by molar-refractivity contribution is -0.121. The lowest BCUT2D eigenvalue weighted by Crippen LogP contribution is -2.47. The van der Waals surface area contributed by atoms with Crippen LogP contribution in [0.25, 0.3) is 0 Å². The zero-order valence-electron chi connectivity index (χ0n) is 12.9. The van der Waals surface area contributed by atoms with Crippen molar-refractivity contribution in [2.75, 3.05) is 33.4 Å². The van der Waals surface area contributed by atoms with Gasteiger partial charge in [0.1, 0.15) is 5.82 Å². The summed E-state index contributed by atoms with van der Waals surface area (Å²) in [5.74, 6) is -0.477. The Morgan fingerprint density at radius 2 is 2.05 bits per heavy atom. The number of rotatable bonds is 6. The largest absolute Gasteiger partial charge is 0.384 e. The van der Waals surface area contributed by atoms with E-state index in [9.17, 15) is 9.18 Å². The average molecular weight is 331 g/mol. The van der Waals surface area contributed by atoms with E-state index in [1.807, 2.05) is 0 Å². The van der Waals surface area contributed by atoms with Crippen LogP contribution in [0.2, 0.25) is 0 Å². The number of carbonyl (C=O) groups excluding carboxylic acids is 1. The molecule has 0 aliphatic carbocycles. The zero-order chi connectivity index (χ0) is 15.1. The number of hydrogen-bond acceptors (Lipinski definition) is 3. The number of ether oxygens (including phenoxy) is 1. The van der Waals surface area contributed by atoms with Crippen molar-refractivity contribution >= 4 is 18.3 Å². The number of hydrogen-bond donors (Lipinski definition) is 2. The van der Waals surface area contributed by atoms with Crippen molar-refractivity contribution < 1.29 is 13.9 Å². The van der Waals surface area contributed by atoms with Crippen LogP contribution in [0.1, 0.15) is 18.4 Å². The SMILES string of the molecule is COCC1(CNC(=O)Cc2ccccc2F)CCNCC1.Cl. The molecule has 1 aliphatic heterocycles. The quantitative estimate of drug-likeness (QED) is 0.838. The maximum atomic E-state index is 13.5. The van der Waals surface area contributed by atoms with Gasteiger partial charge in [-0.3, -0.25) is 4.79 Å². The van der Waals surface area contributed by atoms with Crippen molar-refractivity contribution in [2.45, 2.75) is 19.3 Å². The van der Waals surface area contributed by atoms with Gasteiger partial charge in [-0.15, -0.1) is 12.4 Å². The maximum absolute atomic E-state index is 13.5. The Labute approximate surface area is 137 Å². The van der Waals surface area contributed by atoms with Gasteiger partial charge in [-0.1, -0.05) is 18.2 Å². The minimum absolute atomic E-state index is 0. The van der Waals surface area contributed by atoms with Crippen molar-refractivity contribution in [3.63, 3.8) is 0 Å². The van der Waals surface area contributed by atoms with Crippen molar-refractivity contribution in [3.05, 3.63) is 35.6 Å². The number of piperidine rings is 1. The van der Waals surface area contributed by atoms with Crippen LogP contribution >= 0.6 is 12.4 Å². The van der Waals surface area contributed by atoms with Gasteiger partial charge in [0.2, 0.25) is 5.91 Å². The molecule has 0 radical (unpaired) electrons. The third kappa shape index (κ3) is 5.23. The van der Waals surface area contributed by atoms with Crippen LogP contribution in [0.3, 0.4) is 0 Å². The average Bonchev–Trinajstić information content (AvgIpc) is 2.49. The Morgan fingerprint density at radius 3 is 2.68 bits per heavy atom. The first-order valence-electron chi connectivity index (χ1n) is 7.35. The molecule has 0 atom stereocenters. The number of benzene rings is 1. The highest BCUT2D eigenvalue weighted by atomic mass is 35.5. The second-order valence-electron chi connectivity index (χ2n) is 5.73. The predicted molar refractivity (Wildman–Crippen MR) is 86.8 cm³/mol. The topological polar surface area (TPSA) is 50.4 Å². The monoisotopic (exact) mass is 330 g/mol. The Kier molecular flexibility index (Phi) is 7.79. The third-order valence-corrected chi connectivity index (χ3v) is 4.08. The molecule has 1 aromatic rings. The standard InChI is InChI=1S/C16H23FN2O2.ClH/c1-21-12-16(6-8-18-9-7-16)11-19-15(20)10-13-4-2-3-5-14(13)17;/h2-5,18H,6-12H2,1H3,(H,19,20);1H. The van der Waals surface area contributed by atoms with Crippen LogP contribution < -0.4 is 10.6 Å². The predicted octanol–water partition coefficient (Wildman–Crippen LogP) is 1.92. The van der Waals surface area contributed by atoms with Gasteiger partial charge in [-0.2, -0.15) is 0 Å². The molecule has 1 aliphatic rings. The fourth-order valence-electron chi connectivity index (χ4n) is 2.80. The summed E-state index contributed by atoms with van der Waals surface area (Å²) in [6.07, 6.45) is 2.02. The van der Waals surface area contributed by atoms with Gasteiger partial charge in [0.05, 0.1) is 13.0 Å². The molecule has 6 heteroatoms. The number of halogens is 2. The van der Waals surface area contributed by atoms with E-state index in [2.05, 4.69) is 10.6 Å². The fraction of sp³-hybridized carbons (Fsp3) is 0.562. The molecular formula is C16H24ClFN2O2. The summed E-state index contributed by atoms with van der Waals surface area (Å²) in [5.41, 5.74) is 0.423. The first kappa shape index (κ1) is 18.9. The summed E-state index contributed by atoms with van der Waals surface area (Å²) < 4.78 is 18.8. The second-order valence-corrected chi connectivity index (χ2v) is 5.73. The molecule has 1 aromatic carbocycles. The molecule has 0 aromatic heterocycles. The van der Waals surface area contributed by atoms with Gasteiger partial charge in [-0.25, -0.2) is 4.39 Å². The summed E-state index contributed by atoms with van der Waals surface area (Å²) in [5, 5.41) is 6.26. The van der Waals surface area contributed by atoms with E-state index in [-0.39, 0.29) is 36.0 Å². The highest BCUT2D eigenvalue weighted by Gasteiger charge is 2.32. The second kappa shape index (κ2) is 9.08. The lowest BCUT2D eigenvalue weighted by atomic mass is 9.79. The van der Waals surface area contributed by atoms with E-state index >= 15 is 0 Å². The molecule has 2 rings (SSSR count). The molecule has 4 nitrogen and oxygen atoms in total. The molecule has 0 saturated carbocycles. The van der Waals surface area contributed by atoms with Gasteiger partial charge in [0.25, 0.3) is 0 Å².